The summed E-state index contributed by atoms with van der Waals surface area (Å²) in [6.45, 7) is 2.25. The molecule has 0 heterocycles. The fourth-order valence-corrected chi connectivity index (χ4v) is 5.09. The molecular formula is C30H29F5O. The number of ether oxygens (including phenoxy) is 1. The lowest BCUT2D eigenvalue weighted by Gasteiger charge is -2.28. The van der Waals surface area contributed by atoms with Gasteiger partial charge in [0.2, 0.25) is 0 Å². The Labute approximate surface area is 208 Å². The molecule has 0 aromatic heterocycles. The molecule has 3 aromatic rings. The molecule has 1 nitrogen and oxygen atoms in total. The Morgan fingerprint density at radius 3 is 2.06 bits per heavy atom. The molecule has 1 saturated carbocycles. The van der Waals surface area contributed by atoms with Crippen LogP contribution in [0.25, 0.3) is 22.3 Å². The van der Waals surface area contributed by atoms with Gasteiger partial charge in [-0.15, -0.1) is 0 Å². The fourth-order valence-electron chi connectivity index (χ4n) is 5.09. The first-order valence-electron chi connectivity index (χ1n) is 12.3. The van der Waals surface area contributed by atoms with Crippen LogP contribution in [0.1, 0.15) is 56.9 Å². The van der Waals surface area contributed by atoms with E-state index in [4.69, 9.17) is 0 Å². The van der Waals surface area contributed by atoms with E-state index in [-0.39, 0.29) is 5.75 Å². The Morgan fingerprint density at radius 2 is 1.47 bits per heavy atom. The van der Waals surface area contributed by atoms with Crippen molar-refractivity contribution in [2.75, 3.05) is 0 Å². The Morgan fingerprint density at radius 1 is 0.861 bits per heavy atom. The number of halogens is 5. The van der Waals surface area contributed by atoms with E-state index in [1.807, 2.05) is 18.2 Å². The maximum atomic E-state index is 15.0. The zero-order valence-electron chi connectivity index (χ0n) is 20.1. The van der Waals surface area contributed by atoms with Crippen LogP contribution in [0.5, 0.6) is 5.75 Å². The zero-order chi connectivity index (χ0) is 25.7. The summed E-state index contributed by atoms with van der Waals surface area (Å²) in [5.74, 6) is 0.689. The number of benzene rings is 3. The maximum absolute atomic E-state index is 15.0. The normalized spacial score (nSPS) is 18.1. The summed E-state index contributed by atoms with van der Waals surface area (Å²) in [4.78, 5) is 0. The lowest BCUT2D eigenvalue weighted by atomic mass is 9.77. The first-order valence-corrected chi connectivity index (χ1v) is 12.3. The second kappa shape index (κ2) is 11.3. The smallest absolute Gasteiger partial charge is 0.425 e. The summed E-state index contributed by atoms with van der Waals surface area (Å²) >= 11 is 0. The van der Waals surface area contributed by atoms with Crippen LogP contribution in [-0.4, -0.2) is 6.11 Å². The van der Waals surface area contributed by atoms with Crippen LogP contribution in [-0.2, 0) is 0 Å². The average molecular weight is 501 g/mol. The molecule has 4 rings (SSSR count). The van der Waals surface area contributed by atoms with Crippen LogP contribution in [0.2, 0.25) is 0 Å². The molecule has 1 aliphatic rings. The zero-order valence-corrected chi connectivity index (χ0v) is 20.1. The van der Waals surface area contributed by atoms with Crippen molar-refractivity contribution in [1.82, 2.24) is 0 Å². The molecule has 36 heavy (non-hydrogen) atoms. The second-order valence-electron chi connectivity index (χ2n) is 9.45. The minimum Gasteiger partial charge on any atom is -0.429 e. The molecule has 0 radical (unpaired) electrons. The third kappa shape index (κ3) is 6.54. The summed E-state index contributed by atoms with van der Waals surface area (Å²) < 4.78 is 70.3. The molecule has 0 bridgehead atoms. The van der Waals surface area contributed by atoms with Crippen molar-refractivity contribution in [1.29, 1.82) is 0 Å². The van der Waals surface area contributed by atoms with Gasteiger partial charge in [0.05, 0.1) is 6.08 Å². The highest BCUT2D eigenvalue weighted by Gasteiger charge is 2.30. The third-order valence-corrected chi connectivity index (χ3v) is 6.92. The first kappa shape index (κ1) is 25.9. The molecule has 6 heteroatoms. The Bertz CT molecular complexity index is 1170. The predicted molar refractivity (Wildman–Crippen MR) is 133 cm³/mol. The van der Waals surface area contributed by atoms with Crippen LogP contribution >= 0.6 is 0 Å². The van der Waals surface area contributed by atoms with Gasteiger partial charge in [-0.3, -0.25) is 0 Å². The summed E-state index contributed by atoms with van der Waals surface area (Å²) in [6, 6.07) is 18.4. The van der Waals surface area contributed by atoms with Crippen molar-refractivity contribution in [3.05, 3.63) is 90.3 Å². The van der Waals surface area contributed by atoms with Crippen molar-refractivity contribution in [2.24, 2.45) is 5.92 Å². The molecule has 3 aromatic carbocycles. The van der Waals surface area contributed by atoms with Gasteiger partial charge >= 0.3 is 6.11 Å². The summed E-state index contributed by atoms with van der Waals surface area (Å²) in [7, 11) is 0. The van der Waals surface area contributed by atoms with Gasteiger partial charge < -0.3 is 4.74 Å². The summed E-state index contributed by atoms with van der Waals surface area (Å²) in [6.07, 6.45) is 0.339. The third-order valence-electron chi connectivity index (χ3n) is 6.92. The van der Waals surface area contributed by atoms with Crippen LogP contribution in [0, 0.1) is 11.7 Å². The van der Waals surface area contributed by atoms with Crippen molar-refractivity contribution >= 4 is 0 Å². The molecule has 0 spiro atoms. The molecule has 0 amide bonds. The average Bonchev–Trinajstić information content (AvgIpc) is 2.84. The van der Waals surface area contributed by atoms with Crippen LogP contribution < -0.4 is 4.74 Å². The van der Waals surface area contributed by atoms with Gasteiger partial charge in [-0.1, -0.05) is 68.3 Å². The predicted octanol–water partition coefficient (Wildman–Crippen LogP) is 9.99. The molecule has 0 aliphatic heterocycles. The standard InChI is InChI=1S/C30H29F5O/c1-2-3-20-4-6-21(7-5-20)22-8-10-23(11-9-22)25-14-17-27(28(31)18-25)24-12-15-26(16-13-24)36-30(34,35)19-29(32)33/h8-21H,2-7H2,1H3. The van der Waals surface area contributed by atoms with Gasteiger partial charge in [0.25, 0.3) is 6.08 Å². The number of alkyl halides is 2. The molecule has 0 N–H and O–H groups in total. The molecule has 0 saturated heterocycles. The Hall–Kier alpha value is -3.15. The van der Waals surface area contributed by atoms with Crippen LogP contribution in [0.3, 0.4) is 0 Å². The van der Waals surface area contributed by atoms with Crippen molar-refractivity contribution < 1.29 is 26.7 Å². The first-order chi connectivity index (χ1) is 17.2. The number of hydrogen-bond acceptors (Lipinski definition) is 1. The Balaban J connectivity index is 1.43. The molecule has 190 valence electrons. The van der Waals surface area contributed by atoms with E-state index in [2.05, 4.69) is 23.8 Å². The highest BCUT2D eigenvalue weighted by molar-refractivity contribution is 5.71. The maximum Gasteiger partial charge on any atom is 0.425 e. The molecule has 0 unspecified atom stereocenters. The van der Waals surface area contributed by atoms with E-state index >= 15 is 0 Å². The number of hydrogen-bond donors (Lipinski definition) is 0. The highest BCUT2D eigenvalue weighted by Crippen LogP contribution is 2.38. The van der Waals surface area contributed by atoms with Gasteiger partial charge in [0.1, 0.15) is 11.6 Å². The molecule has 0 atom stereocenters. The lowest BCUT2D eigenvalue weighted by Crippen LogP contribution is -2.21. The van der Waals surface area contributed by atoms with E-state index in [0.29, 0.717) is 17.0 Å². The van der Waals surface area contributed by atoms with Gasteiger partial charge in [-0.2, -0.15) is 17.6 Å². The fraction of sp³-hybridized carbons (Fsp3) is 0.333. The van der Waals surface area contributed by atoms with Crippen molar-refractivity contribution in [2.45, 2.75) is 57.5 Å². The Kier molecular flexibility index (Phi) is 8.12. The summed E-state index contributed by atoms with van der Waals surface area (Å²) in [5.41, 5.74) is 3.75. The molecular weight excluding hydrogens is 471 g/mol. The quantitative estimate of drug-likeness (QED) is 0.280. The summed E-state index contributed by atoms with van der Waals surface area (Å²) in [5, 5.41) is 0. The minimum absolute atomic E-state index is 0.298. The van der Waals surface area contributed by atoms with E-state index < -0.39 is 24.1 Å². The largest absolute Gasteiger partial charge is 0.429 e. The van der Waals surface area contributed by atoms with Gasteiger partial charge in [-0.05, 0) is 78.0 Å². The second-order valence-corrected chi connectivity index (χ2v) is 9.45. The number of rotatable bonds is 8. The van der Waals surface area contributed by atoms with E-state index in [1.165, 1.54) is 74.4 Å². The van der Waals surface area contributed by atoms with Crippen molar-refractivity contribution in [3.63, 3.8) is 0 Å². The monoisotopic (exact) mass is 500 g/mol. The minimum atomic E-state index is -4.14. The van der Waals surface area contributed by atoms with E-state index in [9.17, 15) is 22.0 Å². The van der Waals surface area contributed by atoms with Crippen LogP contribution in [0.4, 0.5) is 22.0 Å². The highest BCUT2D eigenvalue weighted by atomic mass is 19.3. The van der Waals surface area contributed by atoms with E-state index in [0.717, 1.165) is 17.0 Å². The van der Waals surface area contributed by atoms with Gasteiger partial charge in [-0.25, -0.2) is 4.39 Å². The van der Waals surface area contributed by atoms with Gasteiger partial charge in [0.15, 0.2) is 0 Å². The molecule has 1 aliphatic carbocycles. The van der Waals surface area contributed by atoms with E-state index in [1.54, 1.807) is 6.07 Å². The SMILES string of the molecule is CCCC1CCC(c2ccc(-c3ccc(-c4ccc(OC(F)(F)C=C(F)F)cc4)c(F)c3)cc2)CC1. The van der Waals surface area contributed by atoms with Crippen molar-refractivity contribution in [3.8, 4) is 28.0 Å². The van der Waals surface area contributed by atoms with Gasteiger partial charge in [0, 0.05) is 5.56 Å². The molecule has 1 fully saturated rings. The topological polar surface area (TPSA) is 9.23 Å². The lowest BCUT2D eigenvalue weighted by molar-refractivity contribution is -0.133. The van der Waals surface area contributed by atoms with Crippen LogP contribution in [0.15, 0.2) is 78.9 Å².